The van der Waals surface area contributed by atoms with E-state index in [9.17, 15) is 18.4 Å². The summed E-state index contributed by atoms with van der Waals surface area (Å²) in [6, 6.07) is 16.1. The van der Waals surface area contributed by atoms with Crippen LogP contribution in [-0.2, 0) is 27.8 Å². The second kappa shape index (κ2) is 14.9. The molecule has 2 fully saturated rings. The van der Waals surface area contributed by atoms with Crippen LogP contribution in [-0.4, -0.2) is 110 Å². The van der Waals surface area contributed by atoms with Crippen LogP contribution in [0.15, 0.2) is 73.2 Å². The minimum absolute atomic E-state index is 0.0262. The molecule has 9 rings (SSSR count). The van der Waals surface area contributed by atoms with Crippen LogP contribution >= 0.6 is 0 Å². The van der Waals surface area contributed by atoms with Gasteiger partial charge in [-0.3, -0.25) is 14.5 Å². The second-order valence-electron chi connectivity index (χ2n) is 14.3. The molecule has 288 valence electrons. The zero-order valence-corrected chi connectivity index (χ0v) is 30.7. The Morgan fingerprint density at radius 1 is 0.929 bits per heavy atom. The van der Waals surface area contributed by atoms with Crippen molar-refractivity contribution in [1.82, 2.24) is 44.8 Å². The van der Waals surface area contributed by atoms with Crippen LogP contribution in [0.25, 0.3) is 38.9 Å². The average Bonchev–Trinajstić information content (AvgIpc) is 3.92. The molecule has 14 nitrogen and oxygen atoms in total. The van der Waals surface area contributed by atoms with Crippen molar-refractivity contribution in [3.8, 4) is 22.6 Å². The maximum atomic E-state index is 14.9. The number of hydrogen-bond acceptors (Lipinski definition) is 10. The maximum absolute atomic E-state index is 14.9. The second-order valence-corrected chi connectivity index (χ2v) is 14.3. The molecule has 3 aromatic carbocycles. The van der Waals surface area contributed by atoms with Gasteiger partial charge in [0.1, 0.15) is 53.4 Å². The minimum atomic E-state index is -0.794. The third-order valence-corrected chi connectivity index (χ3v) is 10.9. The van der Waals surface area contributed by atoms with Gasteiger partial charge in [-0.05, 0) is 42.3 Å². The number of imidazole rings is 1. The van der Waals surface area contributed by atoms with Crippen molar-refractivity contribution in [1.29, 1.82) is 0 Å². The van der Waals surface area contributed by atoms with Gasteiger partial charge in [-0.1, -0.05) is 24.3 Å². The van der Waals surface area contributed by atoms with Gasteiger partial charge < -0.3 is 29.6 Å². The molecule has 6 heterocycles. The number of benzene rings is 3. The molecule has 0 radical (unpaired) electrons. The van der Waals surface area contributed by atoms with Gasteiger partial charge in [0.2, 0.25) is 11.8 Å². The van der Waals surface area contributed by atoms with Crippen molar-refractivity contribution in [3.05, 3.63) is 90.6 Å². The largest absolute Gasteiger partial charge is 0.488 e. The third kappa shape index (κ3) is 6.68. The van der Waals surface area contributed by atoms with E-state index < -0.39 is 29.8 Å². The molecule has 56 heavy (non-hydrogen) atoms. The summed E-state index contributed by atoms with van der Waals surface area (Å²) in [5.74, 6) is 0.163. The number of halogens is 2. The molecule has 3 aliphatic rings. The highest BCUT2D eigenvalue weighted by molar-refractivity contribution is 5.94. The van der Waals surface area contributed by atoms with Gasteiger partial charge in [-0.15, -0.1) is 0 Å². The number of para-hydroxylation sites is 1. The van der Waals surface area contributed by atoms with E-state index >= 15 is 0 Å². The van der Waals surface area contributed by atoms with Crippen molar-refractivity contribution < 1.29 is 27.8 Å². The fourth-order valence-electron chi connectivity index (χ4n) is 8.10. The van der Waals surface area contributed by atoms with E-state index in [4.69, 9.17) is 14.5 Å². The molecule has 3 aromatic heterocycles. The molecular weight excluding hydrogens is 723 g/mol. The SMILES string of the molecule is Cn1c2nc3cccc(c31)-c1cccc(c1)O[C@H]1C[C@@H](C(=O)NCCCNC(=O)[C@@H]3COCCN3CC2)N(c2ncnc3c2cnn3-c2ccc(F)cc2F)C1. The Balaban J connectivity index is 1.06. The number of carbonyl (C=O) groups is 2. The van der Waals surface area contributed by atoms with E-state index in [0.29, 0.717) is 87.8 Å². The Labute approximate surface area is 320 Å². The van der Waals surface area contributed by atoms with Crippen LogP contribution < -0.4 is 20.3 Å². The van der Waals surface area contributed by atoms with Crippen molar-refractivity contribution in [2.45, 2.75) is 37.5 Å². The third-order valence-electron chi connectivity index (χ3n) is 10.9. The van der Waals surface area contributed by atoms with Gasteiger partial charge >= 0.3 is 0 Å². The molecule has 6 aromatic rings. The van der Waals surface area contributed by atoms with Crippen LogP contribution in [0.2, 0.25) is 0 Å². The Hall–Kier alpha value is -6.00. The van der Waals surface area contributed by atoms with Crippen molar-refractivity contribution in [2.24, 2.45) is 7.05 Å². The van der Waals surface area contributed by atoms with Gasteiger partial charge in [0.25, 0.3) is 0 Å². The van der Waals surface area contributed by atoms with Crippen molar-refractivity contribution in [2.75, 3.05) is 50.8 Å². The van der Waals surface area contributed by atoms with Crippen LogP contribution in [0.5, 0.6) is 5.75 Å². The maximum Gasteiger partial charge on any atom is 0.242 e. The zero-order chi connectivity index (χ0) is 38.3. The first-order chi connectivity index (χ1) is 27.3. The minimum Gasteiger partial charge on any atom is -0.488 e. The Morgan fingerprint density at radius 3 is 2.62 bits per heavy atom. The van der Waals surface area contributed by atoms with Crippen molar-refractivity contribution in [3.63, 3.8) is 0 Å². The van der Waals surface area contributed by atoms with Crippen LogP contribution in [0.4, 0.5) is 14.6 Å². The van der Waals surface area contributed by atoms with E-state index in [-0.39, 0.29) is 17.5 Å². The Kier molecular flexibility index (Phi) is 9.51. The molecule has 2 N–H and O–H groups in total. The summed E-state index contributed by atoms with van der Waals surface area (Å²) in [7, 11) is 2.03. The normalized spacial score (nSPS) is 21.3. The van der Waals surface area contributed by atoms with Crippen LogP contribution in [0.1, 0.15) is 18.7 Å². The van der Waals surface area contributed by atoms with E-state index in [0.717, 1.165) is 40.1 Å². The molecule has 2 amide bonds. The molecule has 3 aliphatic heterocycles. The fourth-order valence-corrected chi connectivity index (χ4v) is 8.10. The number of morpholine rings is 1. The number of fused-ring (bicyclic) bond motifs is 8. The molecular formula is C40H40F2N10O4. The molecule has 6 bridgehead atoms. The first-order valence-electron chi connectivity index (χ1n) is 18.8. The summed E-state index contributed by atoms with van der Waals surface area (Å²) >= 11 is 0. The monoisotopic (exact) mass is 762 g/mol. The lowest BCUT2D eigenvalue weighted by atomic mass is 10.0. The summed E-state index contributed by atoms with van der Waals surface area (Å²) in [4.78, 5) is 45.4. The Bertz CT molecular complexity index is 2450. The number of ether oxygens (including phenoxy) is 2. The van der Waals surface area contributed by atoms with Gasteiger partial charge in [0.05, 0.1) is 42.4 Å². The lowest BCUT2D eigenvalue weighted by Gasteiger charge is -2.34. The summed E-state index contributed by atoms with van der Waals surface area (Å²) in [5, 5.41) is 11.0. The highest BCUT2D eigenvalue weighted by Crippen LogP contribution is 2.35. The molecule has 0 saturated carbocycles. The number of amides is 2. The summed E-state index contributed by atoms with van der Waals surface area (Å²) in [6.07, 6.45) is 3.96. The first kappa shape index (κ1) is 35.7. The number of anilines is 1. The van der Waals surface area contributed by atoms with E-state index in [1.54, 1.807) is 0 Å². The molecule has 0 unspecified atom stereocenters. The Morgan fingerprint density at radius 2 is 1.77 bits per heavy atom. The summed E-state index contributed by atoms with van der Waals surface area (Å²) in [5.41, 5.74) is 4.16. The first-order valence-corrected chi connectivity index (χ1v) is 18.8. The fraction of sp³-hybridized carbons (Fsp3) is 0.350. The number of nitrogens with zero attached hydrogens (tertiary/aromatic N) is 8. The number of aromatic nitrogens is 6. The number of nitrogens with one attached hydrogen (secondary N) is 2. The van der Waals surface area contributed by atoms with E-state index in [1.807, 2.05) is 48.3 Å². The topological polar surface area (TPSA) is 145 Å². The molecule has 0 spiro atoms. The molecule has 0 aliphatic carbocycles. The van der Waals surface area contributed by atoms with E-state index in [1.165, 1.54) is 23.3 Å². The highest BCUT2D eigenvalue weighted by atomic mass is 19.1. The number of carbonyl (C=O) groups excluding carboxylic acids is 2. The van der Waals surface area contributed by atoms with Gasteiger partial charge in [0.15, 0.2) is 11.5 Å². The van der Waals surface area contributed by atoms with Gasteiger partial charge in [0, 0.05) is 57.7 Å². The predicted molar refractivity (Wildman–Crippen MR) is 203 cm³/mol. The van der Waals surface area contributed by atoms with Crippen LogP contribution in [0, 0.1) is 11.6 Å². The predicted octanol–water partition coefficient (Wildman–Crippen LogP) is 3.55. The van der Waals surface area contributed by atoms with Crippen molar-refractivity contribution >= 4 is 39.7 Å². The van der Waals surface area contributed by atoms with Crippen LogP contribution in [0.3, 0.4) is 0 Å². The molecule has 2 saturated heterocycles. The number of aryl methyl sites for hydroxylation is 1. The van der Waals surface area contributed by atoms with Gasteiger partial charge in [-0.25, -0.2) is 28.4 Å². The number of rotatable bonds is 2. The quantitative estimate of drug-likeness (QED) is 0.269. The standard InChI is InChI=1S/C40H40F2N10O4/c1-49-35-11-14-50-15-16-55-22-34(50)40(54)44-13-4-12-43-39(53)33-19-27(56-26-6-2-5-24(17-26)28-7-3-8-31(48-35)36(28)49)21-51(33)37-29-20-47-52(38(29)46-23-45-37)32-10-9-25(41)18-30(32)42/h2-3,5-10,17-18,20,23,27,33-34H,4,11-16,19,21-22H2,1H3,(H,43,53)(H,44,54)/t27-,33-,34-/m0/s1. The number of hydrogen-bond donors (Lipinski definition) is 2. The lowest BCUT2D eigenvalue weighted by molar-refractivity contribution is -0.132. The molecule has 3 atom stereocenters. The highest BCUT2D eigenvalue weighted by Gasteiger charge is 2.40. The summed E-state index contributed by atoms with van der Waals surface area (Å²) < 4.78 is 44.4. The smallest absolute Gasteiger partial charge is 0.242 e. The zero-order valence-electron chi connectivity index (χ0n) is 30.7. The lowest BCUT2D eigenvalue weighted by Crippen LogP contribution is -2.54. The van der Waals surface area contributed by atoms with Gasteiger partial charge in [-0.2, -0.15) is 5.10 Å². The average molecular weight is 763 g/mol. The molecule has 16 heteroatoms. The van der Waals surface area contributed by atoms with E-state index in [2.05, 4.69) is 41.2 Å². The summed E-state index contributed by atoms with van der Waals surface area (Å²) in [6.45, 7) is 3.15.